The van der Waals surface area contributed by atoms with E-state index in [0.717, 1.165) is 11.1 Å². The van der Waals surface area contributed by atoms with Gasteiger partial charge < -0.3 is 14.8 Å². The molecule has 0 aliphatic carbocycles. The second-order valence-electron chi connectivity index (χ2n) is 5.51. The molecule has 0 radical (unpaired) electrons. The smallest absolute Gasteiger partial charge is 0.338 e. The summed E-state index contributed by atoms with van der Waals surface area (Å²) in [6.45, 7) is 5.44. The lowest BCUT2D eigenvalue weighted by Gasteiger charge is -2.15. The maximum Gasteiger partial charge on any atom is 0.338 e. The largest absolute Gasteiger partial charge is 0.497 e. The van der Waals surface area contributed by atoms with Gasteiger partial charge in [-0.2, -0.15) is 0 Å². The zero-order valence-corrected chi connectivity index (χ0v) is 14.3. The molecule has 1 amide bonds. The zero-order chi connectivity index (χ0) is 17.7. The first-order valence-corrected chi connectivity index (χ1v) is 7.64. The van der Waals surface area contributed by atoms with Crippen LogP contribution in [0.2, 0.25) is 0 Å². The molecule has 2 aromatic carbocycles. The molecule has 0 aliphatic rings. The number of rotatable bonds is 5. The van der Waals surface area contributed by atoms with E-state index in [1.807, 2.05) is 32.0 Å². The molecule has 0 spiro atoms. The summed E-state index contributed by atoms with van der Waals surface area (Å²) in [5.74, 6) is -0.279. The minimum absolute atomic E-state index is 0.363. The van der Waals surface area contributed by atoms with E-state index in [-0.39, 0.29) is 5.91 Å². The van der Waals surface area contributed by atoms with E-state index in [4.69, 9.17) is 9.47 Å². The van der Waals surface area contributed by atoms with E-state index >= 15 is 0 Å². The lowest BCUT2D eigenvalue weighted by Crippen LogP contribution is -2.30. The normalized spacial score (nSPS) is 11.5. The fraction of sp³-hybridized carbons (Fsp3) is 0.263. The summed E-state index contributed by atoms with van der Waals surface area (Å²) in [4.78, 5) is 24.3. The number of carbonyl (C=O) groups is 2. The minimum Gasteiger partial charge on any atom is -0.497 e. The second-order valence-corrected chi connectivity index (χ2v) is 5.51. The van der Waals surface area contributed by atoms with E-state index in [0.29, 0.717) is 17.0 Å². The number of benzene rings is 2. The van der Waals surface area contributed by atoms with Crippen LogP contribution in [0.25, 0.3) is 0 Å². The van der Waals surface area contributed by atoms with Crippen molar-refractivity contribution in [3.63, 3.8) is 0 Å². The fourth-order valence-corrected chi connectivity index (χ4v) is 2.13. The number of aryl methyl sites for hydroxylation is 1. The first kappa shape index (κ1) is 17.5. The molecule has 1 atom stereocenters. The Labute approximate surface area is 141 Å². The Kier molecular flexibility index (Phi) is 5.58. The van der Waals surface area contributed by atoms with Gasteiger partial charge in [0, 0.05) is 5.69 Å². The third kappa shape index (κ3) is 4.13. The van der Waals surface area contributed by atoms with Crippen LogP contribution in [-0.4, -0.2) is 25.1 Å². The van der Waals surface area contributed by atoms with Crippen LogP contribution in [-0.2, 0) is 9.53 Å². The minimum atomic E-state index is -0.903. The Balaban J connectivity index is 2.00. The number of hydrogen-bond acceptors (Lipinski definition) is 4. The van der Waals surface area contributed by atoms with Crippen molar-refractivity contribution in [2.24, 2.45) is 0 Å². The van der Waals surface area contributed by atoms with Crippen molar-refractivity contribution in [3.8, 4) is 5.75 Å². The predicted molar refractivity (Wildman–Crippen MR) is 92.4 cm³/mol. The number of esters is 1. The molecule has 0 fully saturated rings. The molecule has 0 aromatic heterocycles. The third-order valence-corrected chi connectivity index (χ3v) is 3.84. The number of methoxy groups -OCH3 is 1. The van der Waals surface area contributed by atoms with E-state index in [1.54, 1.807) is 38.3 Å². The van der Waals surface area contributed by atoms with Crippen molar-refractivity contribution < 1.29 is 19.1 Å². The summed E-state index contributed by atoms with van der Waals surface area (Å²) in [5, 5.41) is 2.79. The van der Waals surface area contributed by atoms with Crippen molar-refractivity contribution in [1.29, 1.82) is 0 Å². The van der Waals surface area contributed by atoms with Crippen LogP contribution in [0.15, 0.2) is 42.5 Å². The summed E-state index contributed by atoms with van der Waals surface area (Å²) < 4.78 is 10.3. The van der Waals surface area contributed by atoms with E-state index in [1.165, 1.54) is 0 Å². The van der Waals surface area contributed by atoms with Crippen LogP contribution in [0.5, 0.6) is 5.75 Å². The first-order chi connectivity index (χ1) is 11.4. The molecule has 0 heterocycles. The van der Waals surface area contributed by atoms with Crippen LogP contribution in [0.1, 0.15) is 28.4 Å². The molecule has 0 saturated carbocycles. The molecule has 2 aromatic rings. The maximum atomic E-state index is 12.2. The number of hydrogen-bond donors (Lipinski definition) is 1. The van der Waals surface area contributed by atoms with Crippen LogP contribution >= 0.6 is 0 Å². The highest BCUT2D eigenvalue weighted by molar-refractivity contribution is 5.97. The Morgan fingerprint density at radius 2 is 1.71 bits per heavy atom. The molecule has 5 nitrogen and oxygen atoms in total. The van der Waals surface area contributed by atoms with Gasteiger partial charge in [0.1, 0.15) is 5.75 Å². The quantitative estimate of drug-likeness (QED) is 0.854. The molecular formula is C19H21NO4. The van der Waals surface area contributed by atoms with Gasteiger partial charge >= 0.3 is 5.97 Å². The van der Waals surface area contributed by atoms with Gasteiger partial charge in [-0.1, -0.05) is 12.1 Å². The molecule has 0 saturated heterocycles. The monoisotopic (exact) mass is 327 g/mol. The Morgan fingerprint density at radius 3 is 2.33 bits per heavy atom. The number of amides is 1. The van der Waals surface area contributed by atoms with Crippen molar-refractivity contribution in [1.82, 2.24) is 0 Å². The Bertz CT molecular complexity index is 738. The van der Waals surface area contributed by atoms with Gasteiger partial charge in [0.15, 0.2) is 6.10 Å². The molecule has 0 aliphatic heterocycles. The molecule has 1 N–H and O–H groups in total. The number of nitrogens with one attached hydrogen (secondary N) is 1. The number of carbonyl (C=O) groups excluding carboxylic acids is 2. The van der Waals surface area contributed by atoms with E-state index in [9.17, 15) is 9.59 Å². The van der Waals surface area contributed by atoms with E-state index in [2.05, 4.69) is 5.32 Å². The second kappa shape index (κ2) is 7.64. The Hall–Kier alpha value is -2.82. The van der Waals surface area contributed by atoms with Gasteiger partial charge in [0.25, 0.3) is 5.91 Å². The van der Waals surface area contributed by atoms with Crippen LogP contribution in [0, 0.1) is 13.8 Å². The average molecular weight is 327 g/mol. The molecule has 5 heteroatoms. The Morgan fingerprint density at radius 1 is 1.04 bits per heavy atom. The molecular weight excluding hydrogens is 306 g/mol. The summed E-state index contributed by atoms with van der Waals surface area (Å²) in [5.41, 5.74) is 3.14. The zero-order valence-electron chi connectivity index (χ0n) is 14.3. The standard InChI is InChI=1S/C19H21NO4/c1-12-6-5-7-17(13(12)2)20-18(21)14(3)24-19(22)15-8-10-16(23-4)11-9-15/h5-11,14H,1-4H3,(H,20,21). The fourth-order valence-electron chi connectivity index (χ4n) is 2.13. The van der Waals surface area contributed by atoms with Crippen molar-refractivity contribution in [2.45, 2.75) is 26.9 Å². The summed E-state index contributed by atoms with van der Waals surface area (Å²) in [6.07, 6.45) is -0.903. The van der Waals surface area contributed by atoms with Crippen molar-refractivity contribution >= 4 is 17.6 Å². The highest BCUT2D eigenvalue weighted by atomic mass is 16.5. The molecule has 0 bridgehead atoms. The van der Waals surface area contributed by atoms with Crippen molar-refractivity contribution in [2.75, 3.05) is 12.4 Å². The number of anilines is 1. The van der Waals surface area contributed by atoms with Gasteiger partial charge in [0.2, 0.25) is 0 Å². The molecule has 126 valence electrons. The molecule has 24 heavy (non-hydrogen) atoms. The number of ether oxygens (including phenoxy) is 2. The van der Waals surface area contributed by atoms with Crippen LogP contribution in [0.4, 0.5) is 5.69 Å². The summed E-state index contributed by atoms with van der Waals surface area (Å²) in [7, 11) is 1.55. The molecule has 2 rings (SSSR count). The third-order valence-electron chi connectivity index (χ3n) is 3.84. The first-order valence-electron chi connectivity index (χ1n) is 7.64. The van der Waals surface area contributed by atoms with Crippen LogP contribution in [0.3, 0.4) is 0 Å². The predicted octanol–water partition coefficient (Wildman–Crippen LogP) is 3.50. The lowest BCUT2D eigenvalue weighted by molar-refractivity contribution is -0.123. The SMILES string of the molecule is COc1ccc(C(=O)OC(C)C(=O)Nc2cccc(C)c2C)cc1. The lowest BCUT2D eigenvalue weighted by atomic mass is 10.1. The van der Waals surface area contributed by atoms with Gasteiger partial charge in [-0.15, -0.1) is 0 Å². The van der Waals surface area contributed by atoms with Gasteiger partial charge in [-0.05, 0) is 62.2 Å². The van der Waals surface area contributed by atoms with E-state index < -0.39 is 12.1 Å². The van der Waals surface area contributed by atoms with Gasteiger partial charge in [0.05, 0.1) is 12.7 Å². The maximum absolute atomic E-state index is 12.2. The highest BCUT2D eigenvalue weighted by Crippen LogP contribution is 2.18. The van der Waals surface area contributed by atoms with Crippen LogP contribution < -0.4 is 10.1 Å². The van der Waals surface area contributed by atoms with Gasteiger partial charge in [-0.3, -0.25) is 4.79 Å². The summed E-state index contributed by atoms with van der Waals surface area (Å²) in [6, 6.07) is 12.2. The average Bonchev–Trinajstić information content (AvgIpc) is 2.58. The highest BCUT2D eigenvalue weighted by Gasteiger charge is 2.19. The topological polar surface area (TPSA) is 64.6 Å². The van der Waals surface area contributed by atoms with Crippen molar-refractivity contribution in [3.05, 3.63) is 59.2 Å². The molecule has 1 unspecified atom stereocenters. The van der Waals surface area contributed by atoms with Gasteiger partial charge in [-0.25, -0.2) is 4.79 Å². The summed E-state index contributed by atoms with van der Waals surface area (Å²) >= 11 is 0.